The van der Waals surface area contributed by atoms with Gasteiger partial charge >= 0.3 is 6.03 Å². The molecule has 7 nitrogen and oxygen atoms in total. The molecule has 2 aromatic rings. The van der Waals surface area contributed by atoms with Crippen molar-refractivity contribution in [1.82, 2.24) is 9.88 Å². The molecule has 0 bridgehead atoms. The summed E-state index contributed by atoms with van der Waals surface area (Å²) in [6, 6.07) is 5.77. The van der Waals surface area contributed by atoms with Crippen molar-refractivity contribution >= 4 is 29.1 Å². The van der Waals surface area contributed by atoms with E-state index in [9.17, 15) is 18.4 Å². The molecule has 1 aromatic carbocycles. The van der Waals surface area contributed by atoms with Gasteiger partial charge in [0.25, 0.3) is 0 Å². The zero-order valence-corrected chi connectivity index (χ0v) is 16.4. The average molecular weight is 415 g/mol. The highest BCUT2D eigenvalue weighted by Gasteiger charge is 2.34. The molecule has 0 atom stereocenters. The second kappa shape index (κ2) is 8.64. The predicted octanol–water partition coefficient (Wildman–Crippen LogP) is 3.45. The van der Waals surface area contributed by atoms with E-state index in [1.165, 1.54) is 6.20 Å². The van der Waals surface area contributed by atoms with Crippen LogP contribution in [0, 0.1) is 17.6 Å². The van der Waals surface area contributed by atoms with Crippen LogP contribution in [0.1, 0.15) is 19.3 Å². The van der Waals surface area contributed by atoms with Crippen molar-refractivity contribution in [2.45, 2.75) is 19.3 Å². The zero-order valence-electron chi connectivity index (χ0n) is 16.4. The van der Waals surface area contributed by atoms with Gasteiger partial charge in [0, 0.05) is 38.2 Å². The average Bonchev–Trinajstić information content (AvgIpc) is 3.57. The molecule has 158 valence electrons. The topological polar surface area (TPSA) is 77.6 Å². The van der Waals surface area contributed by atoms with Crippen LogP contribution in [0.5, 0.6) is 0 Å². The number of anilines is 3. The summed E-state index contributed by atoms with van der Waals surface area (Å²) in [5.41, 5.74) is 0.326. The lowest BCUT2D eigenvalue weighted by molar-refractivity contribution is -0.132. The van der Waals surface area contributed by atoms with Crippen molar-refractivity contribution in [2.24, 2.45) is 5.92 Å². The predicted molar refractivity (Wildman–Crippen MR) is 109 cm³/mol. The third-order valence-corrected chi connectivity index (χ3v) is 5.24. The number of hydrogen-bond acceptors (Lipinski definition) is 4. The van der Waals surface area contributed by atoms with E-state index in [0.29, 0.717) is 24.8 Å². The van der Waals surface area contributed by atoms with E-state index < -0.39 is 17.7 Å². The number of benzene rings is 1. The van der Waals surface area contributed by atoms with Crippen LogP contribution >= 0.6 is 0 Å². The van der Waals surface area contributed by atoms with Gasteiger partial charge in [0.05, 0.1) is 17.6 Å². The summed E-state index contributed by atoms with van der Waals surface area (Å²) in [5.74, 6) is -0.297. The summed E-state index contributed by atoms with van der Waals surface area (Å²) in [6.07, 6.45) is 4.42. The van der Waals surface area contributed by atoms with Gasteiger partial charge in [0.2, 0.25) is 5.91 Å². The van der Waals surface area contributed by atoms with Crippen molar-refractivity contribution in [2.75, 3.05) is 41.7 Å². The molecule has 2 heterocycles. The molecule has 0 unspecified atom stereocenters. The van der Waals surface area contributed by atoms with Crippen LogP contribution in [0.15, 0.2) is 36.5 Å². The Balaban J connectivity index is 1.32. The number of carbonyl (C=O) groups excluding carboxylic acids is 2. The van der Waals surface area contributed by atoms with Gasteiger partial charge < -0.3 is 20.4 Å². The smallest absolute Gasteiger partial charge is 0.323 e. The van der Waals surface area contributed by atoms with Gasteiger partial charge in [-0.05, 0) is 43.5 Å². The van der Waals surface area contributed by atoms with Gasteiger partial charge in [-0.15, -0.1) is 0 Å². The highest BCUT2D eigenvalue weighted by molar-refractivity contribution is 5.99. The highest BCUT2D eigenvalue weighted by Crippen LogP contribution is 2.31. The summed E-state index contributed by atoms with van der Waals surface area (Å²) in [5, 5.41) is 4.91. The monoisotopic (exact) mass is 415 g/mol. The molecule has 1 saturated carbocycles. The quantitative estimate of drug-likeness (QED) is 0.802. The van der Waals surface area contributed by atoms with Crippen LogP contribution in [-0.4, -0.2) is 48.0 Å². The number of urea groups is 1. The lowest BCUT2D eigenvalue weighted by atomic mass is 10.3. The van der Waals surface area contributed by atoms with Crippen LogP contribution in [0.25, 0.3) is 0 Å². The first kappa shape index (κ1) is 20.1. The molecular formula is C21H23F2N5O2. The lowest BCUT2D eigenvalue weighted by Crippen LogP contribution is -2.36. The minimum Gasteiger partial charge on any atom is -0.355 e. The molecule has 1 aliphatic carbocycles. The first-order valence-electron chi connectivity index (χ1n) is 10.0. The molecule has 0 radical (unpaired) electrons. The molecule has 4 rings (SSSR count). The number of hydrogen-bond donors (Lipinski definition) is 2. The molecule has 1 saturated heterocycles. The minimum atomic E-state index is -0.853. The zero-order chi connectivity index (χ0) is 21.1. The van der Waals surface area contributed by atoms with Crippen molar-refractivity contribution in [3.8, 4) is 0 Å². The molecule has 3 amide bonds. The molecule has 1 aromatic heterocycles. The van der Waals surface area contributed by atoms with Gasteiger partial charge in [-0.25, -0.2) is 18.6 Å². The Hall–Kier alpha value is -3.23. The first-order chi connectivity index (χ1) is 14.5. The molecule has 30 heavy (non-hydrogen) atoms. The number of aromatic nitrogens is 1. The van der Waals surface area contributed by atoms with Crippen LogP contribution in [0.2, 0.25) is 0 Å². The van der Waals surface area contributed by atoms with Gasteiger partial charge in [0.1, 0.15) is 17.5 Å². The van der Waals surface area contributed by atoms with Gasteiger partial charge in [-0.3, -0.25) is 4.79 Å². The van der Waals surface area contributed by atoms with Crippen molar-refractivity contribution < 1.29 is 18.4 Å². The number of rotatable bonds is 4. The number of nitrogens with zero attached hydrogens (tertiary/aromatic N) is 3. The molecule has 0 spiro atoms. The number of amides is 3. The van der Waals surface area contributed by atoms with Gasteiger partial charge in [-0.1, -0.05) is 0 Å². The van der Waals surface area contributed by atoms with Gasteiger partial charge in [0.15, 0.2) is 0 Å². The fourth-order valence-electron chi connectivity index (χ4n) is 3.48. The fourth-order valence-corrected chi connectivity index (χ4v) is 3.48. The molecule has 2 N–H and O–H groups in total. The second-order valence-electron chi connectivity index (χ2n) is 7.55. The maximum Gasteiger partial charge on any atom is 0.323 e. The fraction of sp³-hybridized carbons (Fsp3) is 0.381. The van der Waals surface area contributed by atoms with Crippen LogP contribution in [-0.2, 0) is 4.79 Å². The van der Waals surface area contributed by atoms with E-state index in [4.69, 9.17) is 0 Å². The van der Waals surface area contributed by atoms with E-state index in [-0.39, 0.29) is 17.5 Å². The molecule has 2 aliphatic rings. The minimum absolute atomic E-state index is 0.117. The summed E-state index contributed by atoms with van der Waals surface area (Å²) >= 11 is 0. The Morgan fingerprint density at radius 2 is 1.83 bits per heavy atom. The van der Waals surface area contributed by atoms with Crippen molar-refractivity contribution in [3.63, 3.8) is 0 Å². The first-order valence-corrected chi connectivity index (χ1v) is 10.0. The third kappa shape index (κ3) is 4.84. The Kier molecular flexibility index (Phi) is 5.78. The Labute approximate surface area is 173 Å². The van der Waals surface area contributed by atoms with E-state index in [2.05, 4.69) is 20.5 Å². The maximum absolute atomic E-state index is 13.6. The molecule has 2 fully saturated rings. The molecule has 9 heteroatoms. The van der Waals surface area contributed by atoms with E-state index in [0.717, 1.165) is 50.3 Å². The van der Waals surface area contributed by atoms with E-state index in [1.54, 1.807) is 12.1 Å². The highest BCUT2D eigenvalue weighted by atomic mass is 19.1. The van der Waals surface area contributed by atoms with Crippen molar-refractivity contribution in [1.29, 1.82) is 0 Å². The normalized spacial score (nSPS) is 16.7. The number of carbonyl (C=O) groups is 2. The summed E-state index contributed by atoms with van der Waals surface area (Å²) in [7, 11) is 0. The van der Waals surface area contributed by atoms with Crippen LogP contribution in [0.3, 0.4) is 0 Å². The largest absolute Gasteiger partial charge is 0.355 e. The maximum atomic E-state index is 13.6. The summed E-state index contributed by atoms with van der Waals surface area (Å²) in [4.78, 5) is 32.8. The van der Waals surface area contributed by atoms with Crippen molar-refractivity contribution in [3.05, 3.63) is 48.2 Å². The lowest BCUT2D eigenvalue weighted by Gasteiger charge is -2.23. The second-order valence-corrected chi connectivity index (χ2v) is 7.55. The number of halogens is 2. The Bertz CT molecular complexity index is 933. The third-order valence-electron chi connectivity index (χ3n) is 5.24. The number of nitrogens with one attached hydrogen (secondary N) is 2. The Morgan fingerprint density at radius 1 is 1.00 bits per heavy atom. The SMILES string of the molecule is O=C(Nc1ccc(N2CCCN(C(=O)C3CC3)CC2)nc1)Nc1ccc(F)cc1F. The Morgan fingerprint density at radius 3 is 2.53 bits per heavy atom. The molecule has 1 aliphatic heterocycles. The van der Waals surface area contributed by atoms with E-state index in [1.807, 2.05) is 4.90 Å². The molecular weight excluding hydrogens is 392 g/mol. The summed E-state index contributed by atoms with van der Waals surface area (Å²) < 4.78 is 26.6. The summed E-state index contributed by atoms with van der Waals surface area (Å²) in [6.45, 7) is 2.97. The standard InChI is InChI=1S/C21H23F2N5O2/c22-15-4-6-18(17(23)12-15)26-21(30)25-16-5-7-19(24-13-16)27-8-1-9-28(11-10-27)20(29)14-2-3-14/h4-7,12-14H,1-3,8-11H2,(H2,25,26,30). The van der Waals surface area contributed by atoms with E-state index >= 15 is 0 Å². The number of pyridine rings is 1. The van der Waals surface area contributed by atoms with Crippen LogP contribution in [0.4, 0.5) is 30.8 Å². The van der Waals surface area contributed by atoms with Gasteiger partial charge in [-0.2, -0.15) is 0 Å². The van der Waals surface area contributed by atoms with Crippen LogP contribution < -0.4 is 15.5 Å².